The molecule has 210 valence electrons. The maximum absolute atomic E-state index is 13.7. The van der Waals surface area contributed by atoms with E-state index >= 15 is 0 Å². The van der Waals surface area contributed by atoms with Gasteiger partial charge < -0.3 is 25.7 Å². The third-order valence-corrected chi connectivity index (χ3v) is 9.38. The molecule has 1 amide bonds. The van der Waals surface area contributed by atoms with Crippen LogP contribution in [0.2, 0.25) is 0 Å². The molecule has 4 aliphatic rings. The highest BCUT2D eigenvalue weighted by Gasteiger charge is 2.66. The van der Waals surface area contributed by atoms with Crippen LogP contribution < -0.4 is 11.1 Å². The Morgan fingerprint density at radius 3 is 2.50 bits per heavy atom. The summed E-state index contributed by atoms with van der Waals surface area (Å²) in [4.78, 5) is 64.8. The van der Waals surface area contributed by atoms with Crippen LogP contribution in [0.5, 0.6) is 5.75 Å². The van der Waals surface area contributed by atoms with E-state index in [1.165, 1.54) is 25.3 Å². The van der Waals surface area contributed by atoms with Crippen molar-refractivity contribution in [2.45, 2.75) is 69.6 Å². The Morgan fingerprint density at radius 1 is 1.02 bits per heavy atom. The molecule has 4 aliphatic carbocycles. The molecule has 1 heterocycles. The van der Waals surface area contributed by atoms with E-state index < -0.39 is 58.3 Å². The molecule has 0 bridgehead atoms. The summed E-state index contributed by atoms with van der Waals surface area (Å²) in [5, 5.41) is 25.6. The molecule has 40 heavy (non-hydrogen) atoms. The molecule has 5 N–H and O–H groups in total. The molecule has 5 atom stereocenters. The number of primary amides is 1. The number of hydrogen-bond donors (Lipinski definition) is 4. The van der Waals surface area contributed by atoms with E-state index in [1.54, 1.807) is 6.07 Å². The molecule has 0 aliphatic heterocycles. The number of nitrogens with one attached hydrogen (secondary N) is 1. The van der Waals surface area contributed by atoms with Crippen molar-refractivity contribution in [1.29, 1.82) is 0 Å². The summed E-state index contributed by atoms with van der Waals surface area (Å²) in [6, 6.07) is 7.18. The van der Waals surface area contributed by atoms with Crippen molar-refractivity contribution in [3.63, 3.8) is 0 Å². The Balaban J connectivity index is 1.31. The van der Waals surface area contributed by atoms with Gasteiger partial charge in [0.15, 0.2) is 34.7 Å². The summed E-state index contributed by atoms with van der Waals surface area (Å²) < 4.78 is 6.13. The standard InChI is InChI=1S/C30H32N2O8/c31-29(38)25-21(34)12-15-10-14-11-19-18(22-9-6-17(40-22)13-32-16-4-2-1-3-5-16)7-8-20(33)24(19)26(35)23(14)27(36)30(15,39)28(25)37/h6-9,14-16,23,25,32-33,39H,1-5,10-13H2,(H2,31,38)/t14-,15+,23?,25?,30+/m1/s1. The van der Waals surface area contributed by atoms with Crippen LogP contribution in [0.3, 0.4) is 0 Å². The minimum atomic E-state index is -2.66. The van der Waals surface area contributed by atoms with Gasteiger partial charge in [-0.05, 0) is 61.4 Å². The molecule has 2 unspecified atom stereocenters. The smallest absolute Gasteiger partial charge is 0.235 e. The number of furan rings is 1. The first-order valence-electron chi connectivity index (χ1n) is 14.0. The maximum Gasteiger partial charge on any atom is 0.235 e. The van der Waals surface area contributed by atoms with Crippen LogP contribution in [-0.2, 0) is 32.1 Å². The first kappa shape index (κ1) is 26.6. The molecular formula is C30H32N2O8. The SMILES string of the molecule is NC(=O)C1C(=O)C[C@@H]2C[C@@H]3Cc4c(-c5ccc(CNC6CCCCC6)o5)ccc(O)c4C(=O)C3C(=O)[C@]2(O)C1=O. The Hall–Kier alpha value is -3.63. The Bertz CT molecular complexity index is 1440. The maximum atomic E-state index is 13.7. The van der Waals surface area contributed by atoms with Crippen LogP contribution >= 0.6 is 0 Å². The van der Waals surface area contributed by atoms with Gasteiger partial charge in [0.25, 0.3) is 0 Å². The first-order chi connectivity index (χ1) is 19.1. The van der Waals surface area contributed by atoms with Crippen LogP contribution in [0, 0.1) is 23.7 Å². The number of benzene rings is 1. The van der Waals surface area contributed by atoms with Gasteiger partial charge in [-0.2, -0.15) is 0 Å². The number of carbonyl (C=O) groups is 5. The number of aliphatic hydroxyl groups is 1. The molecule has 0 saturated heterocycles. The number of phenolic OH excluding ortho intramolecular Hbond substituents is 1. The lowest BCUT2D eigenvalue weighted by Crippen LogP contribution is -2.68. The number of aromatic hydroxyl groups is 1. The average molecular weight is 549 g/mol. The van der Waals surface area contributed by atoms with E-state index in [0.717, 1.165) is 18.6 Å². The lowest BCUT2D eigenvalue weighted by molar-refractivity contribution is -0.175. The number of fused-ring (bicyclic) bond motifs is 3. The number of nitrogens with two attached hydrogens (primary N) is 1. The number of hydrogen-bond acceptors (Lipinski definition) is 9. The van der Waals surface area contributed by atoms with Gasteiger partial charge in [-0.15, -0.1) is 0 Å². The number of carbonyl (C=O) groups excluding carboxylic acids is 5. The van der Waals surface area contributed by atoms with Gasteiger partial charge in [0.2, 0.25) is 5.91 Å². The molecular weight excluding hydrogens is 516 g/mol. The summed E-state index contributed by atoms with van der Waals surface area (Å²) in [6.07, 6.45) is 5.85. The van der Waals surface area contributed by atoms with Gasteiger partial charge in [0.1, 0.15) is 17.3 Å². The molecule has 2 aromatic rings. The molecule has 3 fully saturated rings. The van der Waals surface area contributed by atoms with E-state index in [-0.39, 0.29) is 30.6 Å². The second-order valence-electron chi connectivity index (χ2n) is 11.7. The number of Topliss-reactive ketones (excluding diaryl/α,β-unsaturated/α-hetero) is 4. The Kier molecular flexibility index (Phi) is 6.50. The first-order valence-corrected chi connectivity index (χ1v) is 14.0. The molecule has 10 heteroatoms. The lowest BCUT2D eigenvalue weighted by Gasteiger charge is -2.48. The topological polar surface area (TPSA) is 177 Å². The monoisotopic (exact) mass is 548 g/mol. The van der Waals surface area contributed by atoms with E-state index in [9.17, 15) is 34.2 Å². The van der Waals surface area contributed by atoms with Crippen molar-refractivity contribution < 1.29 is 38.6 Å². The van der Waals surface area contributed by atoms with Gasteiger partial charge in [-0.25, -0.2) is 0 Å². The van der Waals surface area contributed by atoms with E-state index in [4.69, 9.17) is 10.2 Å². The van der Waals surface area contributed by atoms with Crippen molar-refractivity contribution in [1.82, 2.24) is 5.32 Å². The molecule has 0 spiro atoms. The van der Waals surface area contributed by atoms with Crippen LogP contribution in [0.25, 0.3) is 11.3 Å². The highest BCUT2D eigenvalue weighted by atomic mass is 16.3. The van der Waals surface area contributed by atoms with E-state index in [2.05, 4.69) is 5.32 Å². The largest absolute Gasteiger partial charge is 0.507 e. The van der Waals surface area contributed by atoms with Gasteiger partial charge in [-0.1, -0.05) is 19.3 Å². The molecule has 1 aromatic heterocycles. The number of amides is 1. The second kappa shape index (κ2) is 9.78. The predicted octanol–water partition coefficient (Wildman–Crippen LogP) is 2.01. The summed E-state index contributed by atoms with van der Waals surface area (Å²) in [5.74, 6) is -8.99. The number of ketones is 4. The fraction of sp³-hybridized carbons (Fsp3) is 0.500. The highest BCUT2D eigenvalue weighted by molar-refractivity contribution is 6.31. The van der Waals surface area contributed by atoms with Gasteiger partial charge in [0, 0.05) is 23.9 Å². The lowest BCUT2D eigenvalue weighted by atomic mass is 9.53. The van der Waals surface area contributed by atoms with Crippen molar-refractivity contribution in [3.05, 3.63) is 41.2 Å². The normalized spacial score (nSPS) is 30.5. The predicted molar refractivity (Wildman–Crippen MR) is 140 cm³/mol. The molecule has 10 nitrogen and oxygen atoms in total. The zero-order chi connectivity index (χ0) is 28.3. The molecule has 3 saturated carbocycles. The summed E-state index contributed by atoms with van der Waals surface area (Å²) in [5.41, 5.74) is 3.67. The van der Waals surface area contributed by atoms with Crippen LogP contribution in [0.1, 0.15) is 66.6 Å². The quantitative estimate of drug-likeness (QED) is 0.407. The third-order valence-electron chi connectivity index (χ3n) is 9.38. The Morgan fingerprint density at radius 2 is 1.77 bits per heavy atom. The summed E-state index contributed by atoms with van der Waals surface area (Å²) >= 11 is 0. The zero-order valence-corrected chi connectivity index (χ0v) is 22.0. The highest BCUT2D eigenvalue weighted by Crippen LogP contribution is 2.51. The van der Waals surface area contributed by atoms with Crippen LogP contribution in [-0.4, -0.2) is 50.9 Å². The van der Waals surface area contributed by atoms with Crippen molar-refractivity contribution >= 4 is 29.0 Å². The number of phenols is 1. The van der Waals surface area contributed by atoms with E-state index in [0.29, 0.717) is 29.5 Å². The molecule has 6 rings (SSSR count). The average Bonchev–Trinajstić information content (AvgIpc) is 3.39. The van der Waals surface area contributed by atoms with Crippen LogP contribution in [0.4, 0.5) is 0 Å². The minimum Gasteiger partial charge on any atom is -0.507 e. The fourth-order valence-corrected chi connectivity index (χ4v) is 7.37. The molecule has 1 aromatic carbocycles. The van der Waals surface area contributed by atoms with Gasteiger partial charge in [-0.3, -0.25) is 24.0 Å². The van der Waals surface area contributed by atoms with Gasteiger partial charge >= 0.3 is 0 Å². The van der Waals surface area contributed by atoms with Crippen molar-refractivity contribution in [2.24, 2.45) is 29.4 Å². The fourth-order valence-electron chi connectivity index (χ4n) is 7.37. The molecule has 0 radical (unpaired) electrons. The van der Waals surface area contributed by atoms with Crippen molar-refractivity contribution in [3.8, 4) is 17.1 Å². The summed E-state index contributed by atoms with van der Waals surface area (Å²) in [6.45, 7) is 0.567. The van der Waals surface area contributed by atoms with Crippen LogP contribution in [0.15, 0.2) is 28.7 Å². The summed E-state index contributed by atoms with van der Waals surface area (Å²) in [7, 11) is 0. The Labute approximate surface area is 230 Å². The van der Waals surface area contributed by atoms with E-state index in [1.807, 2.05) is 12.1 Å². The van der Waals surface area contributed by atoms with Gasteiger partial charge in [0.05, 0.1) is 18.0 Å². The van der Waals surface area contributed by atoms with Crippen molar-refractivity contribution in [2.75, 3.05) is 0 Å². The zero-order valence-electron chi connectivity index (χ0n) is 22.0. The minimum absolute atomic E-state index is 0.0433. The third kappa shape index (κ3) is 4.04. The number of rotatable bonds is 5. The second-order valence-corrected chi connectivity index (χ2v) is 11.7.